The fraction of sp³-hybridized carbons (Fsp3) is 0.591. The molecule has 1 unspecified atom stereocenters. The first-order valence-electron chi connectivity index (χ1n) is 10.6. The maximum absolute atomic E-state index is 13.1. The Hall–Kier alpha value is -2.41. The third-order valence-corrected chi connectivity index (χ3v) is 5.95. The molecule has 2 fully saturated rings. The molecule has 29 heavy (non-hydrogen) atoms. The largest absolute Gasteiger partial charge is 0.355 e. The first-order valence-corrected chi connectivity index (χ1v) is 10.6. The van der Waals surface area contributed by atoms with Gasteiger partial charge in [-0.05, 0) is 56.9 Å². The fourth-order valence-electron chi connectivity index (χ4n) is 4.08. The van der Waals surface area contributed by atoms with E-state index in [2.05, 4.69) is 10.2 Å². The summed E-state index contributed by atoms with van der Waals surface area (Å²) in [5.41, 5.74) is 3.21. The molecule has 2 aliphatic heterocycles. The molecule has 3 rings (SSSR count). The van der Waals surface area contributed by atoms with Gasteiger partial charge in [-0.2, -0.15) is 0 Å². The molecule has 158 valence electrons. The minimum atomic E-state index is -0.591. The summed E-state index contributed by atoms with van der Waals surface area (Å²) < 4.78 is 0. The molecule has 7 heteroatoms. The van der Waals surface area contributed by atoms with Crippen molar-refractivity contribution < 1.29 is 14.4 Å². The number of likely N-dealkylation sites (N-methyl/N-ethyl adjacent to an activating group) is 1. The molecular formula is C22H32N4O3. The number of amides is 3. The van der Waals surface area contributed by atoms with Crippen molar-refractivity contribution in [2.24, 2.45) is 5.92 Å². The van der Waals surface area contributed by atoms with E-state index in [1.807, 2.05) is 43.9 Å². The smallest absolute Gasteiger partial charge is 0.239 e. The summed E-state index contributed by atoms with van der Waals surface area (Å²) in [6.45, 7) is 10.2. The van der Waals surface area contributed by atoms with Crippen molar-refractivity contribution in [3.05, 3.63) is 29.3 Å². The van der Waals surface area contributed by atoms with Crippen LogP contribution in [0.5, 0.6) is 0 Å². The predicted octanol–water partition coefficient (Wildman–Crippen LogP) is 1.33. The zero-order chi connectivity index (χ0) is 21.0. The number of anilines is 1. The van der Waals surface area contributed by atoms with Crippen molar-refractivity contribution in [1.29, 1.82) is 0 Å². The minimum Gasteiger partial charge on any atom is -0.355 e. The van der Waals surface area contributed by atoms with E-state index < -0.39 is 5.92 Å². The molecular weight excluding hydrogens is 368 g/mol. The fourth-order valence-corrected chi connectivity index (χ4v) is 4.08. The minimum absolute atomic E-state index is 0.0160. The molecule has 0 saturated carbocycles. The zero-order valence-corrected chi connectivity index (χ0v) is 17.7. The van der Waals surface area contributed by atoms with Crippen molar-refractivity contribution in [1.82, 2.24) is 15.1 Å². The molecule has 7 nitrogen and oxygen atoms in total. The summed E-state index contributed by atoms with van der Waals surface area (Å²) in [6.07, 6.45) is 1.37. The highest BCUT2D eigenvalue weighted by Gasteiger charge is 2.40. The van der Waals surface area contributed by atoms with Gasteiger partial charge in [-0.1, -0.05) is 6.07 Å². The van der Waals surface area contributed by atoms with Crippen LogP contribution in [-0.4, -0.2) is 73.3 Å². The topological polar surface area (TPSA) is 73.0 Å². The molecule has 1 aromatic rings. The SMILES string of the molecule is CCNC(=O)CN1CCCN(C(=O)C2CCN(c3ccc(C)c(C)c3)C2=O)CC1. The van der Waals surface area contributed by atoms with Crippen molar-refractivity contribution >= 4 is 23.4 Å². The summed E-state index contributed by atoms with van der Waals surface area (Å²) >= 11 is 0. The lowest BCUT2D eigenvalue weighted by Gasteiger charge is -2.24. The molecule has 0 bridgehead atoms. The van der Waals surface area contributed by atoms with E-state index in [9.17, 15) is 14.4 Å². The van der Waals surface area contributed by atoms with Crippen LogP contribution in [0.15, 0.2) is 18.2 Å². The summed E-state index contributed by atoms with van der Waals surface area (Å²) in [5.74, 6) is -0.739. The second kappa shape index (κ2) is 9.39. The van der Waals surface area contributed by atoms with Crippen LogP contribution in [0, 0.1) is 19.8 Å². The average molecular weight is 401 g/mol. The first-order chi connectivity index (χ1) is 13.9. The van der Waals surface area contributed by atoms with E-state index in [0.29, 0.717) is 45.7 Å². The number of nitrogens with one attached hydrogen (secondary N) is 1. The Morgan fingerprint density at radius 2 is 1.86 bits per heavy atom. The van der Waals surface area contributed by atoms with E-state index in [4.69, 9.17) is 0 Å². The molecule has 0 aromatic heterocycles. The number of aryl methyl sites for hydroxylation is 2. The number of hydrogen-bond acceptors (Lipinski definition) is 4. The van der Waals surface area contributed by atoms with Gasteiger partial charge in [-0.3, -0.25) is 19.3 Å². The number of hydrogen-bond donors (Lipinski definition) is 1. The van der Waals surface area contributed by atoms with E-state index >= 15 is 0 Å². The number of rotatable bonds is 5. The molecule has 0 radical (unpaired) electrons. The molecule has 2 saturated heterocycles. The Kier molecular flexibility index (Phi) is 6.90. The molecule has 3 amide bonds. The lowest BCUT2D eigenvalue weighted by Crippen LogP contribution is -2.43. The quantitative estimate of drug-likeness (QED) is 0.757. The highest BCUT2D eigenvalue weighted by Crippen LogP contribution is 2.28. The van der Waals surface area contributed by atoms with Gasteiger partial charge in [0.25, 0.3) is 0 Å². The van der Waals surface area contributed by atoms with E-state index in [1.54, 1.807) is 4.90 Å². The molecule has 1 atom stereocenters. The molecule has 2 heterocycles. The second-order valence-corrected chi connectivity index (χ2v) is 8.01. The Labute approximate surface area is 173 Å². The van der Waals surface area contributed by atoms with Gasteiger partial charge in [-0.25, -0.2) is 0 Å². The van der Waals surface area contributed by atoms with E-state index in [-0.39, 0.29) is 17.7 Å². The monoisotopic (exact) mass is 400 g/mol. The maximum atomic E-state index is 13.1. The molecule has 0 aliphatic carbocycles. The summed E-state index contributed by atoms with van der Waals surface area (Å²) in [6, 6.07) is 5.99. The zero-order valence-electron chi connectivity index (χ0n) is 17.7. The van der Waals surface area contributed by atoms with Gasteiger partial charge >= 0.3 is 0 Å². The van der Waals surface area contributed by atoms with Gasteiger partial charge in [0.2, 0.25) is 17.7 Å². The van der Waals surface area contributed by atoms with Gasteiger partial charge in [0, 0.05) is 45.0 Å². The summed E-state index contributed by atoms with van der Waals surface area (Å²) in [4.78, 5) is 43.5. The molecule has 2 aliphatic rings. The average Bonchev–Trinajstić information content (AvgIpc) is 2.91. The third-order valence-electron chi connectivity index (χ3n) is 5.95. The van der Waals surface area contributed by atoms with Crippen LogP contribution in [0.2, 0.25) is 0 Å². The Morgan fingerprint density at radius 1 is 1.07 bits per heavy atom. The number of benzene rings is 1. The van der Waals surface area contributed by atoms with E-state index in [1.165, 1.54) is 5.56 Å². The van der Waals surface area contributed by atoms with Crippen LogP contribution >= 0.6 is 0 Å². The van der Waals surface area contributed by atoms with Crippen molar-refractivity contribution in [3.63, 3.8) is 0 Å². The summed E-state index contributed by atoms with van der Waals surface area (Å²) in [5, 5.41) is 2.81. The Bertz CT molecular complexity index is 779. The normalized spacial score (nSPS) is 20.7. The number of carbonyl (C=O) groups excluding carboxylic acids is 3. The maximum Gasteiger partial charge on any atom is 0.239 e. The number of carbonyl (C=O) groups is 3. The van der Waals surface area contributed by atoms with Crippen molar-refractivity contribution in [2.45, 2.75) is 33.6 Å². The van der Waals surface area contributed by atoms with Crippen LogP contribution in [0.25, 0.3) is 0 Å². The van der Waals surface area contributed by atoms with Crippen molar-refractivity contribution in [2.75, 3.05) is 50.7 Å². The lowest BCUT2D eigenvalue weighted by molar-refractivity contribution is -0.139. The van der Waals surface area contributed by atoms with Crippen molar-refractivity contribution in [3.8, 4) is 0 Å². The van der Waals surface area contributed by atoms with Gasteiger partial charge in [0.15, 0.2) is 0 Å². The number of nitrogens with zero attached hydrogens (tertiary/aromatic N) is 3. The van der Waals surface area contributed by atoms with Crippen LogP contribution in [-0.2, 0) is 14.4 Å². The third kappa shape index (κ3) is 4.96. The second-order valence-electron chi connectivity index (χ2n) is 8.01. The van der Waals surface area contributed by atoms with Crippen LogP contribution < -0.4 is 10.2 Å². The van der Waals surface area contributed by atoms with Crippen LogP contribution in [0.4, 0.5) is 5.69 Å². The van der Waals surface area contributed by atoms with Gasteiger partial charge < -0.3 is 15.1 Å². The van der Waals surface area contributed by atoms with Crippen LogP contribution in [0.1, 0.15) is 30.9 Å². The van der Waals surface area contributed by atoms with Gasteiger partial charge in [0.1, 0.15) is 5.92 Å². The highest BCUT2D eigenvalue weighted by atomic mass is 16.2. The summed E-state index contributed by atoms with van der Waals surface area (Å²) in [7, 11) is 0. The standard InChI is InChI=1S/C22H32N4O3/c1-4-23-20(27)15-24-9-5-10-25(13-12-24)21(28)19-8-11-26(22(19)29)18-7-6-16(2)17(3)14-18/h6-7,14,19H,4-5,8-13,15H2,1-3H3,(H,23,27). The molecule has 1 N–H and O–H groups in total. The first kappa shape index (κ1) is 21.3. The van der Waals surface area contributed by atoms with Gasteiger partial charge in [-0.15, -0.1) is 0 Å². The van der Waals surface area contributed by atoms with E-state index in [0.717, 1.165) is 24.2 Å². The Morgan fingerprint density at radius 3 is 2.59 bits per heavy atom. The lowest BCUT2D eigenvalue weighted by atomic mass is 10.1. The van der Waals surface area contributed by atoms with Crippen LogP contribution in [0.3, 0.4) is 0 Å². The highest BCUT2D eigenvalue weighted by molar-refractivity contribution is 6.09. The Balaban J connectivity index is 1.59. The predicted molar refractivity (Wildman–Crippen MR) is 113 cm³/mol. The van der Waals surface area contributed by atoms with Gasteiger partial charge in [0.05, 0.1) is 6.54 Å². The molecule has 1 aromatic carbocycles. The molecule has 0 spiro atoms.